The minimum Gasteiger partial charge on any atom is -0.508 e. The Balaban J connectivity index is 1.66. The molecule has 0 spiro atoms. The Morgan fingerprint density at radius 2 is 1.41 bits per heavy atom. The molecule has 394 valence electrons. The summed E-state index contributed by atoms with van der Waals surface area (Å²) in [5, 5.41) is 30.3. The minimum atomic E-state index is -1.86. The van der Waals surface area contributed by atoms with Crippen LogP contribution in [0.1, 0.15) is 63.5 Å². The molecule has 2 heterocycles. The Hall–Kier alpha value is -8.58. The number of carbonyl (C=O) groups is 12. The van der Waals surface area contributed by atoms with Crippen LogP contribution in [-0.4, -0.2) is 149 Å². The van der Waals surface area contributed by atoms with Crippen LogP contribution in [0.15, 0.2) is 54.7 Å². The summed E-state index contributed by atoms with van der Waals surface area (Å²) in [5.74, 6) is -11.9. The third kappa shape index (κ3) is 18.0. The van der Waals surface area contributed by atoms with E-state index in [1.165, 1.54) is 24.3 Å². The van der Waals surface area contributed by atoms with Crippen molar-refractivity contribution in [3.8, 4) is 5.75 Å². The SMILES string of the molecule is CC[C@H](C)[C@@H]1NC(=O)[C@H](Cc2ccc(O)cc2)NC(=O)CCC(=O)NC[C@@H](C(=O)N(C)CC(=O)N[C@@H](Cc2c[nH]c3ccccc23)C(=O)NCC(N)=O)NC(=O)[C@H](CC(N)=O)NC(=O)[C@H](CCC(N)=O)NC1=O. The van der Waals surface area contributed by atoms with Gasteiger partial charge < -0.3 is 74.7 Å². The maximum Gasteiger partial charge on any atom is 0.247 e. The van der Waals surface area contributed by atoms with Crippen LogP contribution >= 0.6 is 0 Å². The first-order valence-electron chi connectivity index (χ1n) is 23.3. The zero-order valence-corrected chi connectivity index (χ0v) is 40.5. The van der Waals surface area contributed by atoms with E-state index in [-0.39, 0.29) is 18.6 Å². The van der Waals surface area contributed by atoms with Crippen molar-refractivity contribution in [1.82, 2.24) is 52.4 Å². The molecule has 1 aliphatic rings. The van der Waals surface area contributed by atoms with Crippen LogP contribution in [0.2, 0.25) is 0 Å². The summed E-state index contributed by atoms with van der Waals surface area (Å²) >= 11 is 0. The van der Waals surface area contributed by atoms with Gasteiger partial charge in [0.05, 0.1) is 19.5 Å². The van der Waals surface area contributed by atoms with Gasteiger partial charge in [0.15, 0.2) is 0 Å². The third-order valence-electron chi connectivity index (χ3n) is 11.8. The van der Waals surface area contributed by atoms with E-state index in [1.807, 2.05) is 0 Å². The van der Waals surface area contributed by atoms with Crippen molar-refractivity contribution in [3.05, 3.63) is 65.9 Å². The van der Waals surface area contributed by atoms with Crippen molar-refractivity contribution in [3.63, 3.8) is 0 Å². The molecule has 1 saturated heterocycles. The first kappa shape index (κ1) is 57.0. The molecule has 7 atom stereocenters. The smallest absolute Gasteiger partial charge is 0.247 e. The van der Waals surface area contributed by atoms with Gasteiger partial charge in [0.25, 0.3) is 0 Å². The molecule has 1 aromatic heterocycles. The van der Waals surface area contributed by atoms with E-state index in [0.717, 1.165) is 22.9 Å². The van der Waals surface area contributed by atoms with Crippen molar-refractivity contribution >= 4 is 81.8 Å². The third-order valence-corrected chi connectivity index (χ3v) is 11.8. The monoisotopic (exact) mass is 1020 g/mol. The summed E-state index contributed by atoms with van der Waals surface area (Å²) in [6.07, 6.45) is -1.09. The number of likely N-dealkylation sites (N-methyl/N-ethyl adjacent to an activating group) is 1. The van der Waals surface area contributed by atoms with Crippen LogP contribution in [0.4, 0.5) is 0 Å². The number of phenolic OH excluding ortho intramolecular Hbond substituents is 1. The minimum absolute atomic E-state index is 0.0727. The molecule has 0 bridgehead atoms. The molecule has 0 radical (unpaired) electrons. The average Bonchev–Trinajstić information content (AvgIpc) is 3.75. The van der Waals surface area contributed by atoms with Gasteiger partial charge in [-0.05, 0) is 41.7 Å². The number of phenols is 1. The molecule has 26 heteroatoms. The number of hydrogen-bond donors (Lipinski definition) is 13. The summed E-state index contributed by atoms with van der Waals surface area (Å²) in [5.41, 5.74) is 17.9. The van der Waals surface area contributed by atoms with Crippen molar-refractivity contribution < 1.29 is 62.6 Å². The predicted molar refractivity (Wildman–Crippen MR) is 259 cm³/mol. The largest absolute Gasteiger partial charge is 0.508 e. The van der Waals surface area contributed by atoms with Gasteiger partial charge in [-0.1, -0.05) is 50.6 Å². The number of nitrogens with one attached hydrogen (secondary N) is 9. The predicted octanol–water partition coefficient (Wildman–Crippen LogP) is -4.28. The molecule has 3 aromatic rings. The lowest BCUT2D eigenvalue weighted by atomic mass is 9.96. The number of primary amides is 3. The summed E-state index contributed by atoms with van der Waals surface area (Å²) in [6.45, 7) is 1.33. The zero-order chi connectivity index (χ0) is 53.9. The van der Waals surface area contributed by atoms with Gasteiger partial charge in [-0.25, -0.2) is 0 Å². The summed E-state index contributed by atoms with van der Waals surface area (Å²) < 4.78 is 0. The number of amides is 12. The Labute approximate surface area is 418 Å². The fraction of sp³-hybridized carbons (Fsp3) is 0.447. The van der Waals surface area contributed by atoms with Crippen LogP contribution in [0.25, 0.3) is 10.9 Å². The van der Waals surface area contributed by atoms with Crippen molar-refractivity contribution in [2.24, 2.45) is 23.1 Å². The Morgan fingerprint density at radius 1 is 0.767 bits per heavy atom. The number of nitrogens with two attached hydrogens (primary N) is 3. The normalized spacial score (nSPS) is 20.3. The number of H-pyrrole nitrogens is 1. The molecular formula is C47H63N13O13. The fourth-order valence-corrected chi connectivity index (χ4v) is 7.63. The fourth-order valence-electron chi connectivity index (χ4n) is 7.63. The maximum atomic E-state index is 14.2. The summed E-state index contributed by atoms with van der Waals surface area (Å²) in [4.78, 5) is 163. The Kier molecular flexibility index (Phi) is 21.2. The van der Waals surface area contributed by atoms with Gasteiger partial charge in [0.1, 0.15) is 42.0 Å². The molecule has 12 amide bonds. The molecule has 2 aromatic carbocycles. The average molecular weight is 1020 g/mol. The highest BCUT2D eigenvalue weighted by Crippen LogP contribution is 2.20. The first-order valence-corrected chi connectivity index (χ1v) is 23.3. The summed E-state index contributed by atoms with van der Waals surface area (Å²) in [6, 6.07) is 3.59. The van der Waals surface area contributed by atoms with E-state index in [2.05, 4.69) is 47.5 Å². The highest BCUT2D eigenvalue weighted by molar-refractivity contribution is 5.99. The lowest BCUT2D eigenvalue weighted by molar-refractivity contribution is -0.140. The number of aromatic nitrogens is 1. The van der Waals surface area contributed by atoms with E-state index in [4.69, 9.17) is 17.2 Å². The van der Waals surface area contributed by atoms with E-state index in [1.54, 1.807) is 44.3 Å². The standard InChI is InChI=1S/C47H63N13O13/c1-4-24(2)41-46(72)56-30(13-14-35(48)62)43(69)57-33(19-36(49)63)44(70)58-34(21-52-38(65)15-16-39(66)54-31(45(71)59-41)17-25-9-11-27(61)12-10-25)47(73)60(3)23-40(67)55-32(42(68)53-22-37(50)64)18-26-20-51-29-8-6-5-7-28(26)29/h5-12,20,24,30-34,41,51,61H,4,13-19,21-23H2,1-3H3,(H2,48,62)(H2,49,63)(H2,50,64)(H,52,65)(H,53,68)(H,54,66)(H,55,67)(H,56,72)(H,57,69)(H,58,70)(H,59,71)/t24-,30-,31-,32-,33-,34-,41-/m0/s1. The number of rotatable bonds is 18. The Morgan fingerprint density at radius 3 is 2.07 bits per heavy atom. The second-order valence-corrected chi connectivity index (χ2v) is 17.6. The van der Waals surface area contributed by atoms with Crippen LogP contribution in [-0.2, 0) is 70.4 Å². The molecule has 26 nitrogen and oxygen atoms in total. The molecule has 1 aliphatic heterocycles. The van der Waals surface area contributed by atoms with Gasteiger partial charge in [0, 0.05) is 62.8 Å². The number of fused-ring (bicyclic) bond motifs is 1. The zero-order valence-electron chi connectivity index (χ0n) is 40.5. The number of nitrogens with zero attached hydrogens (tertiary/aromatic N) is 1. The summed E-state index contributed by atoms with van der Waals surface area (Å²) in [7, 11) is 1.16. The quantitative estimate of drug-likeness (QED) is 0.0575. The molecule has 4 rings (SSSR count). The molecule has 16 N–H and O–H groups in total. The first-order chi connectivity index (χ1) is 34.5. The second kappa shape index (κ2) is 27.1. The van der Waals surface area contributed by atoms with Crippen LogP contribution in [0.5, 0.6) is 5.75 Å². The van der Waals surface area contributed by atoms with Gasteiger partial charge in [-0.15, -0.1) is 0 Å². The molecule has 1 fully saturated rings. The molecule has 0 saturated carbocycles. The lowest BCUT2D eigenvalue weighted by Crippen LogP contribution is -2.61. The molecule has 0 unspecified atom stereocenters. The number of aromatic hydroxyl groups is 1. The molecular weight excluding hydrogens is 955 g/mol. The van der Waals surface area contributed by atoms with Crippen molar-refractivity contribution in [1.29, 1.82) is 0 Å². The van der Waals surface area contributed by atoms with Crippen LogP contribution < -0.4 is 59.7 Å². The number of hydrogen-bond acceptors (Lipinski definition) is 13. The van der Waals surface area contributed by atoms with E-state index in [9.17, 15) is 62.6 Å². The number of carbonyl (C=O) groups excluding carboxylic acids is 12. The second-order valence-electron chi connectivity index (χ2n) is 17.6. The van der Waals surface area contributed by atoms with E-state index >= 15 is 0 Å². The van der Waals surface area contributed by atoms with Crippen molar-refractivity contribution in [2.45, 2.75) is 101 Å². The van der Waals surface area contributed by atoms with E-state index < -0.39 is 165 Å². The van der Waals surface area contributed by atoms with Crippen LogP contribution in [0.3, 0.4) is 0 Å². The lowest BCUT2D eigenvalue weighted by Gasteiger charge is -2.29. The Bertz CT molecular complexity index is 2550. The maximum absolute atomic E-state index is 14.2. The highest BCUT2D eigenvalue weighted by Gasteiger charge is 2.36. The highest BCUT2D eigenvalue weighted by atomic mass is 16.3. The van der Waals surface area contributed by atoms with Gasteiger partial charge in [0.2, 0.25) is 70.9 Å². The molecule has 0 aliphatic carbocycles. The number of para-hydroxylation sites is 1. The van der Waals surface area contributed by atoms with Gasteiger partial charge in [-0.3, -0.25) is 57.5 Å². The number of benzene rings is 2. The van der Waals surface area contributed by atoms with Gasteiger partial charge in [-0.2, -0.15) is 0 Å². The van der Waals surface area contributed by atoms with Gasteiger partial charge >= 0.3 is 0 Å². The van der Waals surface area contributed by atoms with E-state index in [0.29, 0.717) is 17.5 Å². The number of aromatic amines is 1. The topological polar surface area (TPSA) is 418 Å². The molecule has 73 heavy (non-hydrogen) atoms. The van der Waals surface area contributed by atoms with Crippen LogP contribution in [0, 0.1) is 5.92 Å². The van der Waals surface area contributed by atoms with Crippen molar-refractivity contribution in [2.75, 3.05) is 26.7 Å².